The summed E-state index contributed by atoms with van der Waals surface area (Å²) in [4.78, 5) is 9.51. The first-order valence-electron chi connectivity index (χ1n) is 9.94. The van der Waals surface area contributed by atoms with Crippen LogP contribution in [0.1, 0.15) is 11.4 Å². The summed E-state index contributed by atoms with van der Waals surface area (Å²) in [5, 5.41) is 8.12. The molecule has 0 atom stereocenters. The normalized spacial score (nSPS) is 11.2. The number of aryl methyl sites for hydroxylation is 1. The van der Waals surface area contributed by atoms with Crippen LogP contribution in [0.15, 0.2) is 78.0 Å². The first kappa shape index (κ1) is 19.4. The number of para-hydroxylation sites is 2. The van der Waals surface area contributed by atoms with Crippen molar-refractivity contribution in [3.05, 3.63) is 84.2 Å². The van der Waals surface area contributed by atoms with Crippen LogP contribution in [0.2, 0.25) is 0 Å². The Morgan fingerprint density at radius 3 is 2.48 bits per heavy atom. The lowest BCUT2D eigenvalue weighted by atomic mass is 10.1. The third-order valence-electron chi connectivity index (χ3n) is 5.08. The van der Waals surface area contributed by atoms with Crippen molar-refractivity contribution in [3.8, 4) is 22.8 Å². The maximum absolute atomic E-state index is 5.31. The average molecular weight is 428 g/mol. The summed E-state index contributed by atoms with van der Waals surface area (Å²) in [5.74, 6) is 3.18. The highest BCUT2D eigenvalue weighted by molar-refractivity contribution is 7.98. The third-order valence-corrected chi connectivity index (χ3v) is 5.92. The molecule has 31 heavy (non-hydrogen) atoms. The van der Waals surface area contributed by atoms with Gasteiger partial charge in [0.1, 0.15) is 11.6 Å². The second-order valence-electron chi connectivity index (χ2n) is 7.17. The Hall–Kier alpha value is -3.58. The molecule has 0 aliphatic heterocycles. The van der Waals surface area contributed by atoms with Gasteiger partial charge in [-0.25, -0.2) is 9.97 Å². The van der Waals surface area contributed by atoms with Crippen LogP contribution in [0.25, 0.3) is 28.1 Å². The molecule has 0 aliphatic rings. The fraction of sp³-hybridized carbons (Fsp3) is 0.125. The summed E-state index contributed by atoms with van der Waals surface area (Å²) in [5.41, 5.74) is 5.31. The number of H-pyrrole nitrogens is 1. The van der Waals surface area contributed by atoms with Gasteiger partial charge in [-0.15, -0.1) is 5.10 Å². The van der Waals surface area contributed by atoms with Gasteiger partial charge in [0.15, 0.2) is 5.82 Å². The van der Waals surface area contributed by atoms with Crippen molar-refractivity contribution in [2.45, 2.75) is 17.8 Å². The molecular formula is C24H21N5OS. The molecule has 5 rings (SSSR count). The van der Waals surface area contributed by atoms with E-state index in [2.05, 4.69) is 44.9 Å². The minimum absolute atomic E-state index is 0.645. The molecule has 5 aromatic rings. The lowest BCUT2D eigenvalue weighted by Gasteiger charge is -2.09. The van der Waals surface area contributed by atoms with Crippen LogP contribution in [0, 0.1) is 6.92 Å². The molecule has 0 radical (unpaired) electrons. The van der Waals surface area contributed by atoms with Crippen molar-refractivity contribution >= 4 is 22.8 Å². The number of hydrogen-bond donors (Lipinski definition) is 1. The lowest BCUT2D eigenvalue weighted by Crippen LogP contribution is -2.00. The summed E-state index contributed by atoms with van der Waals surface area (Å²) in [7, 11) is 1.67. The summed E-state index contributed by atoms with van der Waals surface area (Å²) >= 11 is 1.56. The first-order chi connectivity index (χ1) is 15.2. The molecule has 154 valence electrons. The molecule has 2 aromatic heterocycles. The van der Waals surface area contributed by atoms with Gasteiger partial charge in [-0.3, -0.25) is 9.67 Å². The van der Waals surface area contributed by atoms with Crippen LogP contribution >= 0.6 is 11.8 Å². The molecule has 2 heterocycles. The summed E-state index contributed by atoms with van der Waals surface area (Å²) in [6.07, 6.45) is 0. The van der Waals surface area contributed by atoms with Gasteiger partial charge in [0.25, 0.3) is 0 Å². The second kappa shape index (κ2) is 8.28. The number of thioether (sulfide) groups is 1. The van der Waals surface area contributed by atoms with E-state index in [1.165, 1.54) is 5.56 Å². The molecule has 0 spiro atoms. The average Bonchev–Trinajstić information content (AvgIpc) is 3.43. The zero-order chi connectivity index (χ0) is 21.2. The van der Waals surface area contributed by atoms with Crippen LogP contribution in [-0.4, -0.2) is 31.8 Å². The van der Waals surface area contributed by atoms with Crippen LogP contribution < -0.4 is 4.74 Å². The number of rotatable bonds is 6. The van der Waals surface area contributed by atoms with Gasteiger partial charge in [-0.1, -0.05) is 53.7 Å². The van der Waals surface area contributed by atoms with E-state index in [1.807, 2.05) is 54.6 Å². The Morgan fingerprint density at radius 2 is 1.71 bits per heavy atom. The SMILES string of the molecule is COc1ccc(-n2c(CSc3n[nH]c(-c4ccc(C)cc4)n3)nc3ccccc32)cc1. The Morgan fingerprint density at radius 1 is 0.935 bits per heavy atom. The van der Waals surface area contributed by atoms with E-state index in [1.54, 1.807) is 18.9 Å². The molecule has 0 saturated carbocycles. The predicted octanol–water partition coefficient (Wildman–Crippen LogP) is 5.42. The van der Waals surface area contributed by atoms with Crippen molar-refractivity contribution < 1.29 is 4.74 Å². The Kier molecular flexibility index (Phi) is 5.18. The van der Waals surface area contributed by atoms with E-state index in [4.69, 9.17) is 9.72 Å². The number of imidazole rings is 1. The molecule has 0 unspecified atom stereocenters. The summed E-state index contributed by atoms with van der Waals surface area (Å²) < 4.78 is 7.48. The number of aromatic amines is 1. The molecule has 0 aliphatic carbocycles. The number of benzene rings is 3. The Bertz CT molecular complexity index is 1320. The maximum Gasteiger partial charge on any atom is 0.209 e. The molecular weight excluding hydrogens is 406 g/mol. The van der Waals surface area contributed by atoms with Crippen molar-refractivity contribution in [1.82, 2.24) is 24.7 Å². The largest absolute Gasteiger partial charge is 0.497 e. The number of aromatic nitrogens is 5. The van der Waals surface area contributed by atoms with Gasteiger partial charge in [0.05, 0.1) is 23.9 Å². The van der Waals surface area contributed by atoms with Crippen molar-refractivity contribution in [1.29, 1.82) is 0 Å². The lowest BCUT2D eigenvalue weighted by molar-refractivity contribution is 0.414. The van der Waals surface area contributed by atoms with Crippen molar-refractivity contribution in [2.75, 3.05) is 7.11 Å². The molecule has 7 heteroatoms. The summed E-state index contributed by atoms with van der Waals surface area (Å²) in [6, 6.07) is 24.4. The summed E-state index contributed by atoms with van der Waals surface area (Å²) in [6.45, 7) is 2.07. The van der Waals surface area contributed by atoms with Gasteiger partial charge in [0, 0.05) is 11.3 Å². The Balaban J connectivity index is 1.43. The minimum atomic E-state index is 0.645. The van der Waals surface area contributed by atoms with Crippen LogP contribution in [0.4, 0.5) is 0 Å². The van der Waals surface area contributed by atoms with Gasteiger partial charge >= 0.3 is 0 Å². The fourth-order valence-corrected chi connectivity index (χ4v) is 4.19. The molecule has 0 amide bonds. The van der Waals surface area contributed by atoms with Gasteiger partial charge in [-0.2, -0.15) is 0 Å². The number of ether oxygens (including phenoxy) is 1. The van der Waals surface area contributed by atoms with Crippen LogP contribution in [0.5, 0.6) is 5.75 Å². The number of hydrogen-bond acceptors (Lipinski definition) is 5. The molecule has 0 saturated heterocycles. The number of methoxy groups -OCH3 is 1. The number of nitrogens with zero attached hydrogens (tertiary/aromatic N) is 4. The van der Waals surface area contributed by atoms with Crippen molar-refractivity contribution in [2.24, 2.45) is 0 Å². The van der Waals surface area contributed by atoms with Crippen LogP contribution in [-0.2, 0) is 5.75 Å². The smallest absolute Gasteiger partial charge is 0.209 e. The maximum atomic E-state index is 5.31. The molecule has 1 N–H and O–H groups in total. The van der Waals surface area contributed by atoms with E-state index in [9.17, 15) is 0 Å². The van der Waals surface area contributed by atoms with Crippen molar-refractivity contribution in [3.63, 3.8) is 0 Å². The fourth-order valence-electron chi connectivity index (χ4n) is 3.47. The van der Waals surface area contributed by atoms with Gasteiger partial charge in [0.2, 0.25) is 5.16 Å². The molecule has 3 aromatic carbocycles. The highest BCUT2D eigenvalue weighted by Crippen LogP contribution is 2.28. The molecule has 0 bridgehead atoms. The van der Waals surface area contributed by atoms with E-state index in [0.29, 0.717) is 10.9 Å². The highest BCUT2D eigenvalue weighted by atomic mass is 32.2. The zero-order valence-electron chi connectivity index (χ0n) is 17.2. The Labute approximate surface area is 184 Å². The monoisotopic (exact) mass is 427 g/mol. The molecule has 6 nitrogen and oxygen atoms in total. The third kappa shape index (κ3) is 3.92. The molecule has 0 fully saturated rings. The quantitative estimate of drug-likeness (QED) is 0.367. The van der Waals surface area contributed by atoms with E-state index >= 15 is 0 Å². The zero-order valence-corrected chi connectivity index (χ0v) is 18.1. The van der Waals surface area contributed by atoms with E-state index in [-0.39, 0.29) is 0 Å². The van der Waals surface area contributed by atoms with Gasteiger partial charge in [-0.05, 0) is 43.3 Å². The minimum Gasteiger partial charge on any atom is -0.497 e. The number of fused-ring (bicyclic) bond motifs is 1. The topological polar surface area (TPSA) is 68.6 Å². The van der Waals surface area contributed by atoms with E-state index < -0.39 is 0 Å². The first-order valence-corrected chi connectivity index (χ1v) is 10.9. The second-order valence-corrected chi connectivity index (χ2v) is 8.11. The predicted molar refractivity (Wildman–Crippen MR) is 124 cm³/mol. The van der Waals surface area contributed by atoms with E-state index in [0.717, 1.165) is 39.7 Å². The highest BCUT2D eigenvalue weighted by Gasteiger charge is 2.14. The standard InChI is InChI=1S/C24H21N5OS/c1-16-7-9-17(10-8-16)23-26-24(28-27-23)31-15-22-25-20-5-3-4-6-21(20)29(22)18-11-13-19(30-2)14-12-18/h3-14H,15H2,1-2H3,(H,26,27,28). The van der Waals surface area contributed by atoms with Crippen LogP contribution in [0.3, 0.4) is 0 Å². The van der Waals surface area contributed by atoms with Gasteiger partial charge < -0.3 is 4.74 Å². The number of nitrogens with one attached hydrogen (secondary N) is 1.